The third-order valence-electron chi connectivity index (χ3n) is 2.26. The zero-order valence-electron chi connectivity index (χ0n) is 8.33. The van der Waals surface area contributed by atoms with Gasteiger partial charge in [-0.2, -0.15) is 0 Å². The number of aromatic nitrogens is 1. The summed E-state index contributed by atoms with van der Waals surface area (Å²) in [5.41, 5.74) is 8.58. The maximum absolute atomic E-state index is 5.50. The van der Waals surface area contributed by atoms with Gasteiger partial charge in [0.1, 0.15) is 5.69 Å². The number of rotatable bonds is 2. The highest BCUT2D eigenvalue weighted by Gasteiger charge is 2.08. The Morgan fingerprint density at radius 1 is 1.40 bits per heavy atom. The third kappa shape index (κ3) is 2.04. The Hall–Kier alpha value is -1.29. The van der Waals surface area contributed by atoms with Crippen molar-refractivity contribution in [1.82, 2.24) is 5.16 Å². The van der Waals surface area contributed by atoms with Crippen LogP contribution < -0.4 is 5.73 Å². The van der Waals surface area contributed by atoms with Crippen molar-refractivity contribution < 1.29 is 4.52 Å². The molecule has 0 fully saturated rings. The highest BCUT2D eigenvalue weighted by atomic mass is 79.9. The zero-order valence-corrected chi connectivity index (χ0v) is 9.91. The first-order valence-corrected chi connectivity index (χ1v) is 5.51. The molecule has 2 rings (SSSR count). The molecule has 0 radical (unpaired) electrons. The van der Waals surface area contributed by atoms with Gasteiger partial charge in [0, 0.05) is 16.1 Å². The summed E-state index contributed by atoms with van der Waals surface area (Å²) in [5, 5.41) is 3.91. The summed E-state index contributed by atoms with van der Waals surface area (Å²) >= 11 is 3.44. The summed E-state index contributed by atoms with van der Waals surface area (Å²) in [6, 6.07) is 7.85. The topological polar surface area (TPSA) is 52.0 Å². The predicted molar refractivity (Wildman–Crippen MR) is 63.4 cm³/mol. The first-order chi connectivity index (χ1) is 7.20. The van der Waals surface area contributed by atoms with Gasteiger partial charge in [-0.05, 0) is 24.1 Å². The molecule has 78 valence electrons. The van der Waals surface area contributed by atoms with Crippen LogP contribution in [-0.2, 0) is 6.42 Å². The Bertz CT molecular complexity index is 479. The normalized spacial score (nSPS) is 10.5. The average Bonchev–Trinajstić information content (AvgIpc) is 2.65. The first-order valence-electron chi connectivity index (χ1n) is 4.71. The van der Waals surface area contributed by atoms with Crippen molar-refractivity contribution in [2.45, 2.75) is 13.3 Å². The molecule has 0 saturated heterocycles. The van der Waals surface area contributed by atoms with Crippen molar-refractivity contribution in [1.29, 1.82) is 0 Å². The molecular weight excluding hydrogens is 256 g/mol. The molecule has 0 bridgehead atoms. The molecule has 15 heavy (non-hydrogen) atoms. The van der Waals surface area contributed by atoms with Gasteiger partial charge < -0.3 is 10.3 Å². The number of nitrogen functional groups attached to an aromatic ring is 1. The van der Waals surface area contributed by atoms with Crippen LogP contribution in [-0.4, -0.2) is 5.16 Å². The van der Waals surface area contributed by atoms with Gasteiger partial charge in [-0.25, -0.2) is 0 Å². The number of benzene rings is 1. The third-order valence-corrected chi connectivity index (χ3v) is 2.75. The highest BCUT2D eigenvalue weighted by molar-refractivity contribution is 9.10. The summed E-state index contributed by atoms with van der Waals surface area (Å²) in [5.74, 6) is 0.340. The van der Waals surface area contributed by atoms with Gasteiger partial charge in [-0.3, -0.25) is 0 Å². The second-order valence-corrected chi connectivity index (χ2v) is 4.19. The first kappa shape index (κ1) is 10.2. The van der Waals surface area contributed by atoms with Crippen molar-refractivity contribution >= 4 is 21.8 Å². The molecule has 4 heteroatoms. The van der Waals surface area contributed by atoms with Crippen molar-refractivity contribution in [2.75, 3.05) is 5.73 Å². The fourth-order valence-corrected chi connectivity index (χ4v) is 1.87. The highest BCUT2D eigenvalue weighted by Crippen LogP contribution is 2.27. The summed E-state index contributed by atoms with van der Waals surface area (Å²) in [6.07, 6.45) is 0.954. The molecule has 3 nitrogen and oxygen atoms in total. The molecule has 1 aromatic carbocycles. The van der Waals surface area contributed by atoms with E-state index in [2.05, 4.69) is 34.1 Å². The van der Waals surface area contributed by atoms with Gasteiger partial charge in [-0.15, -0.1) is 0 Å². The van der Waals surface area contributed by atoms with Crippen molar-refractivity contribution in [3.05, 3.63) is 34.3 Å². The maximum Gasteiger partial charge on any atom is 0.222 e. The van der Waals surface area contributed by atoms with Crippen molar-refractivity contribution in [3.8, 4) is 11.3 Å². The Balaban J connectivity index is 2.55. The Morgan fingerprint density at radius 2 is 2.20 bits per heavy atom. The fourth-order valence-electron chi connectivity index (χ4n) is 1.51. The summed E-state index contributed by atoms with van der Waals surface area (Å²) in [7, 11) is 0. The van der Waals surface area contributed by atoms with E-state index in [1.54, 1.807) is 6.07 Å². The van der Waals surface area contributed by atoms with Crippen LogP contribution >= 0.6 is 15.9 Å². The summed E-state index contributed by atoms with van der Waals surface area (Å²) in [4.78, 5) is 0. The molecule has 0 aliphatic heterocycles. The number of halogens is 1. The molecule has 0 unspecified atom stereocenters. The van der Waals surface area contributed by atoms with Gasteiger partial charge in [-0.1, -0.05) is 34.1 Å². The monoisotopic (exact) mass is 266 g/mol. The summed E-state index contributed by atoms with van der Waals surface area (Å²) in [6.45, 7) is 2.11. The lowest BCUT2D eigenvalue weighted by Crippen LogP contribution is -1.87. The van der Waals surface area contributed by atoms with E-state index in [-0.39, 0.29) is 0 Å². The Morgan fingerprint density at radius 3 is 2.80 bits per heavy atom. The molecule has 0 saturated carbocycles. The minimum absolute atomic E-state index is 0.340. The van der Waals surface area contributed by atoms with Crippen LogP contribution in [0.1, 0.15) is 12.5 Å². The van der Waals surface area contributed by atoms with Crippen LogP contribution in [0.15, 0.2) is 33.3 Å². The molecule has 0 aliphatic rings. The number of aryl methyl sites for hydroxylation is 1. The van der Waals surface area contributed by atoms with Crippen LogP contribution in [0.2, 0.25) is 0 Å². The Kier molecular flexibility index (Phi) is 2.77. The van der Waals surface area contributed by atoms with Crippen LogP contribution in [0, 0.1) is 0 Å². The number of anilines is 1. The average molecular weight is 267 g/mol. The van der Waals surface area contributed by atoms with E-state index in [1.807, 2.05) is 12.1 Å². The summed E-state index contributed by atoms with van der Waals surface area (Å²) < 4.78 is 5.90. The lowest BCUT2D eigenvalue weighted by atomic mass is 10.0. The van der Waals surface area contributed by atoms with Gasteiger partial charge in [0.25, 0.3) is 0 Å². The molecule has 1 aromatic heterocycles. The largest absolute Gasteiger partial charge is 0.368 e. The molecule has 2 N–H and O–H groups in total. The molecule has 0 aliphatic carbocycles. The van der Waals surface area contributed by atoms with E-state index in [4.69, 9.17) is 10.3 Å². The second kappa shape index (κ2) is 4.06. The van der Waals surface area contributed by atoms with Crippen LogP contribution in [0.5, 0.6) is 0 Å². The lowest BCUT2D eigenvalue weighted by Gasteiger charge is -2.04. The molecule has 0 amide bonds. The van der Waals surface area contributed by atoms with Gasteiger partial charge >= 0.3 is 0 Å². The van der Waals surface area contributed by atoms with E-state index in [1.165, 1.54) is 5.56 Å². The standard InChI is InChI=1S/C11H11BrN2O/c1-2-7-3-4-8(12)5-9(7)10-6-11(13)15-14-10/h3-6H,2,13H2,1H3. The van der Waals surface area contributed by atoms with E-state index in [0.29, 0.717) is 5.88 Å². The van der Waals surface area contributed by atoms with Gasteiger partial charge in [0.05, 0.1) is 0 Å². The van der Waals surface area contributed by atoms with Crippen LogP contribution in [0.4, 0.5) is 5.88 Å². The minimum Gasteiger partial charge on any atom is -0.368 e. The molecular formula is C11H11BrN2O. The smallest absolute Gasteiger partial charge is 0.222 e. The molecule has 0 spiro atoms. The van der Waals surface area contributed by atoms with Crippen molar-refractivity contribution in [2.24, 2.45) is 0 Å². The number of nitrogens with two attached hydrogens (primary N) is 1. The van der Waals surface area contributed by atoms with Crippen molar-refractivity contribution in [3.63, 3.8) is 0 Å². The van der Waals surface area contributed by atoms with Gasteiger partial charge in [0.2, 0.25) is 5.88 Å². The van der Waals surface area contributed by atoms with E-state index >= 15 is 0 Å². The Labute approximate surface area is 96.4 Å². The SMILES string of the molecule is CCc1ccc(Br)cc1-c1cc(N)on1. The van der Waals surface area contributed by atoms with E-state index in [9.17, 15) is 0 Å². The van der Waals surface area contributed by atoms with Crippen LogP contribution in [0.3, 0.4) is 0 Å². The number of hydrogen-bond donors (Lipinski definition) is 1. The predicted octanol–water partition coefficient (Wildman–Crippen LogP) is 3.25. The zero-order chi connectivity index (χ0) is 10.8. The second-order valence-electron chi connectivity index (χ2n) is 3.27. The van der Waals surface area contributed by atoms with Gasteiger partial charge in [0.15, 0.2) is 0 Å². The molecule has 2 aromatic rings. The van der Waals surface area contributed by atoms with E-state index < -0.39 is 0 Å². The maximum atomic E-state index is 5.50. The molecule has 1 heterocycles. The molecule has 0 atom stereocenters. The number of nitrogens with zero attached hydrogens (tertiary/aromatic N) is 1. The fraction of sp³-hybridized carbons (Fsp3) is 0.182. The van der Waals surface area contributed by atoms with Crippen LogP contribution in [0.25, 0.3) is 11.3 Å². The lowest BCUT2D eigenvalue weighted by molar-refractivity contribution is 0.439. The van der Waals surface area contributed by atoms with E-state index in [0.717, 1.165) is 22.2 Å². The number of hydrogen-bond acceptors (Lipinski definition) is 3. The minimum atomic E-state index is 0.340. The quantitative estimate of drug-likeness (QED) is 0.908.